The number of hydrogen-bond acceptors (Lipinski definition) is 3. The van der Waals surface area contributed by atoms with E-state index in [1.165, 1.54) is 6.07 Å². The molecule has 0 saturated carbocycles. The zero-order chi connectivity index (χ0) is 13.0. The first-order valence-electron chi connectivity index (χ1n) is 6.03. The number of morpholine rings is 1. The summed E-state index contributed by atoms with van der Waals surface area (Å²) in [6.07, 6.45) is 0.667. The molecule has 0 aliphatic carbocycles. The molecule has 1 saturated heterocycles. The molecule has 1 aromatic rings. The first kappa shape index (κ1) is 13.0. The van der Waals surface area contributed by atoms with Crippen LogP contribution in [0.1, 0.15) is 12.0 Å². The second-order valence-corrected chi connectivity index (χ2v) is 4.38. The van der Waals surface area contributed by atoms with E-state index in [1.54, 1.807) is 23.1 Å². The highest BCUT2D eigenvalue weighted by atomic mass is 19.1. The van der Waals surface area contributed by atoms with E-state index in [1.807, 2.05) is 0 Å². The van der Waals surface area contributed by atoms with E-state index in [9.17, 15) is 9.18 Å². The summed E-state index contributed by atoms with van der Waals surface area (Å²) in [6.45, 7) is 1.34. The fourth-order valence-corrected chi connectivity index (χ4v) is 2.03. The summed E-state index contributed by atoms with van der Waals surface area (Å²) in [5.74, 6) is -0.390. The summed E-state index contributed by atoms with van der Waals surface area (Å²) in [5.41, 5.74) is 6.00. The van der Waals surface area contributed by atoms with Crippen molar-refractivity contribution in [3.8, 4) is 0 Å². The number of nitrogens with zero attached hydrogens (tertiary/aromatic N) is 1. The highest BCUT2D eigenvalue weighted by molar-refractivity contribution is 5.78. The van der Waals surface area contributed by atoms with Crippen LogP contribution in [0.3, 0.4) is 0 Å². The lowest BCUT2D eigenvalue weighted by atomic mass is 10.1. The standard InChI is InChI=1S/C13H17FN2O2/c14-12-4-2-1-3-10(12)7-16-8-11(5-6-15)18-9-13(16)17/h1-4,11H,5-9,15H2. The lowest BCUT2D eigenvalue weighted by molar-refractivity contribution is -0.149. The molecule has 1 aliphatic rings. The van der Waals surface area contributed by atoms with E-state index in [4.69, 9.17) is 10.5 Å². The van der Waals surface area contributed by atoms with Gasteiger partial charge >= 0.3 is 0 Å². The first-order valence-corrected chi connectivity index (χ1v) is 6.03. The monoisotopic (exact) mass is 252 g/mol. The van der Waals surface area contributed by atoms with Crippen LogP contribution in [0.25, 0.3) is 0 Å². The maximum absolute atomic E-state index is 13.5. The predicted octanol–water partition coefficient (Wildman–Crippen LogP) is 0.902. The number of rotatable bonds is 4. The number of hydrogen-bond donors (Lipinski definition) is 1. The lowest BCUT2D eigenvalue weighted by Crippen LogP contribution is -2.46. The maximum atomic E-state index is 13.5. The van der Waals surface area contributed by atoms with E-state index in [-0.39, 0.29) is 31.0 Å². The zero-order valence-corrected chi connectivity index (χ0v) is 10.1. The van der Waals surface area contributed by atoms with Gasteiger partial charge in [-0.3, -0.25) is 4.79 Å². The van der Waals surface area contributed by atoms with Crippen LogP contribution in [-0.2, 0) is 16.1 Å². The molecule has 98 valence electrons. The Morgan fingerprint density at radius 3 is 2.94 bits per heavy atom. The molecule has 1 atom stereocenters. The van der Waals surface area contributed by atoms with Crippen LogP contribution in [0.5, 0.6) is 0 Å². The van der Waals surface area contributed by atoms with Crippen LogP contribution in [0.4, 0.5) is 4.39 Å². The second-order valence-electron chi connectivity index (χ2n) is 4.38. The van der Waals surface area contributed by atoms with E-state index in [2.05, 4.69) is 0 Å². The molecule has 2 rings (SSSR count). The van der Waals surface area contributed by atoms with Crippen molar-refractivity contribution in [2.24, 2.45) is 5.73 Å². The van der Waals surface area contributed by atoms with E-state index in [0.717, 1.165) is 0 Å². The number of halogens is 1. The Morgan fingerprint density at radius 1 is 1.44 bits per heavy atom. The van der Waals surface area contributed by atoms with Crippen molar-refractivity contribution >= 4 is 5.91 Å². The van der Waals surface area contributed by atoms with Crippen LogP contribution in [0, 0.1) is 5.82 Å². The minimum Gasteiger partial charge on any atom is -0.367 e. The fraction of sp³-hybridized carbons (Fsp3) is 0.462. The summed E-state index contributed by atoms with van der Waals surface area (Å²) in [7, 11) is 0. The quantitative estimate of drug-likeness (QED) is 0.866. The van der Waals surface area contributed by atoms with Gasteiger partial charge in [-0.2, -0.15) is 0 Å². The van der Waals surface area contributed by atoms with E-state index < -0.39 is 0 Å². The van der Waals surface area contributed by atoms with Crippen LogP contribution >= 0.6 is 0 Å². The fourth-order valence-electron chi connectivity index (χ4n) is 2.03. The molecular weight excluding hydrogens is 235 g/mol. The van der Waals surface area contributed by atoms with Crippen molar-refractivity contribution in [3.05, 3.63) is 35.6 Å². The Balaban J connectivity index is 2.03. The molecule has 1 fully saturated rings. The molecule has 4 nitrogen and oxygen atoms in total. The van der Waals surface area contributed by atoms with Gasteiger partial charge in [-0.15, -0.1) is 0 Å². The zero-order valence-electron chi connectivity index (χ0n) is 10.1. The Labute approximate surface area is 106 Å². The van der Waals surface area contributed by atoms with Crippen LogP contribution in [0.2, 0.25) is 0 Å². The van der Waals surface area contributed by atoms with Gasteiger partial charge < -0.3 is 15.4 Å². The summed E-state index contributed by atoms with van der Waals surface area (Å²) in [5, 5.41) is 0. The van der Waals surface area contributed by atoms with Gasteiger partial charge in [0.2, 0.25) is 5.91 Å². The molecule has 1 unspecified atom stereocenters. The average molecular weight is 252 g/mol. The Morgan fingerprint density at radius 2 is 2.22 bits per heavy atom. The molecule has 18 heavy (non-hydrogen) atoms. The molecule has 1 heterocycles. The third kappa shape index (κ3) is 3.05. The van der Waals surface area contributed by atoms with Gasteiger partial charge in [-0.05, 0) is 19.0 Å². The van der Waals surface area contributed by atoms with Gasteiger partial charge in [0.05, 0.1) is 6.10 Å². The predicted molar refractivity (Wildman–Crippen MR) is 65.2 cm³/mol. The Kier molecular flexibility index (Phi) is 4.28. The summed E-state index contributed by atoms with van der Waals surface area (Å²) >= 11 is 0. The van der Waals surface area contributed by atoms with Crippen molar-refractivity contribution in [3.63, 3.8) is 0 Å². The molecule has 1 amide bonds. The maximum Gasteiger partial charge on any atom is 0.248 e. The minimum absolute atomic E-state index is 0.0422. The SMILES string of the molecule is NCCC1CN(Cc2ccccc2F)C(=O)CO1. The summed E-state index contributed by atoms with van der Waals surface area (Å²) in [6, 6.07) is 6.49. The average Bonchev–Trinajstić information content (AvgIpc) is 2.36. The number of amides is 1. The van der Waals surface area contributed by atoms with Crippen molar-refractivity contribution in [1.29, 1.82) is 0 Å². The van der Waals surface area contributed by atoms with Crippen molar-refractivity contribution in [2.75, 3.05) is 19.7 Å². The smallest absolute Gasteiger partial charge is 0.248 e. The number of benzene rings is 1. The number of carbonyl (C=O) groups excluding carboxylic acids is 1. The van der Waals surface area contributed by atoms with Crippen LogP contribution in [0.15, 0.2) is 24.3 Å². The topological polar surface area (TPSA) is 55.6 Å². The Hall–Kier alpha value is -1.46. The lowest BCUT2D eigenvalue weighted by Gasteiger charge is -2.32. The largest absolute Gasteiger partial charge is 0.367 e. The number of ether oxygens (including phenoxy) is 1. The normalized spacial score (nSPS) is 20.2. The summed E-state index contributed by atoms with van der Waals surface area (Å²) < 4.78 is 18.9. The molecular formula is C13H17FN2O2. The second kappa shape index (κ2) is 5.93. The van der Waals surface area contributed by atoms with Crippen LogP contribution in [-0.4, -0.2) is 36.6 Å². The Bertz CT molecular complexity index is 425. The van der Waals surface area contributed by atoms with Crippen molar-refractivity contribution in [1.82, 2.24) is 4.90 Å². The molecule has 0 radical (unpaired) electrons. The molecule has 2 N–H and O–H groups in total. The number of nitrogens with two attached hydrogens (primary N) is 1. The van der Waals surface area contributed by atoms with Gasteiger partial charge in [-0.1, -0.05) is 18.2 Å². The third-order valence-corrected chi connectivity index (χ3v) is 3.03. The molecule has 1 aromatic carbocycles. The molecule has 0 bridgehead atoms. The van der Waals surface area contributed by atoms with Crippen molar-refractivity contribution < 1.29 is 13.9 Å². The van der Waals surface area contributed by atoms with Crippen LogP contribution < -0.4 is 5.73 Å². The van der Waals surface area contributed by atoms with Gasteiger partial charge in [0.1, 0.15) is 12.4 Å². The van der Waals surface area contributed by atoms with E-state index in [0.29, 0.717) is 25.1 Å². The van der Waals surface area contributed by atoms with Gasteiger partial charge in [0.15, 0.2) is 0 Å². The van der Waals surface area contributed by atoms with Crippen molar-refractivity contribution in [2.45, 2.75) is 19.1 Å². The molecule has 1 aliphatic heterocycles. The third-order valence-electron chi connectivity index (χ3n) is 3.03. The highest BCUT2D eigenvalue weighted by Gasteiger charge is 2.26. The van der Waals surface area contributed by atoms with E-state index >= 15 is 0 Å². The van der Waals surface area contributed by atoms with Gasteiger partial charge in [0, 0.05) is 18.7 Å². The first-order chi connectivity index (χ1) is 8.70. The highest BCUT2D eigenvalue weighted by Crippen LogP contribution is 2.15. The molecule has 5 heteroatoms. The minimum atomic E-state index is -0.285. The molecule has 0 spiro atoms. The van der Waals surface area contributed by atoms with Gasteiger partial charge in [0.25, 0.3) is 0 Å². The molecule has 0 aromatic heterocycles. The van der Waals surface area contributed by atoms with Gasteiger partial charge in [-0.25, -0.2) is 4.39 Å². The summed E-state index contributed by atoms with van der Waals surface area (Å²) in [4.78, 5) is 13.3. The number of carbonyl (C=O) groups is 1.